The molecule has 0 aromatic carbocycles. The average Bonchev–Trinajstić information content (AvgIpc) is 2.88. The molecule has 0 aliphatic rings. The van der Waals surface area contributed by atoms with Gasteiger partial charge in [-0.1, -0.05) is 13.3 Å². The highest BCUT2D eigenvalue weighted by atomic mass is 16.5. The molecule has 8 nitrogen and oxygen atoms in total. The number of hydrogen-bond donors (Lipinski definition) is 0. The van der Waals surface area contributed by atoms with Crippen molar-refractivity contribution in [1.82, 2.24) is 18.7 Å². The van der Waals surface area contributed by atoms with Gasteiger partial charge in [0.2, 0.25) is 0 Å². The number of aryl methyl sites for hydroxylation is 1. The first-order valence-corrected chi connectivity index (χ1v) is 6.29. The number of ether oxygens (including phenoxy) is 1. The van der Waals surface area contributed by atoms with Crippen LogP contribution in [0.3, 0.4) is 0 Å². The molecule has 0 spiro atoms. The number of carbonyl (C=O) groups is 1. The molecule has 0 atom stereocenters. The predicted octanol–water partition coefficient (Wildman–Crippen LogP) is 0.218. The van der Waals surface area contributed by atoms with Crippen LogP contribution in [0.2, 0.25) is 0 Å². The summed E-state index contributed by atoms with van der Waals surface area (Å²) in [5.41, 5.74) is -0.873. The van der Waals surface area contributed by atoms with Crippen LogP contribution in [-0.2, 0) is 18.8 Å². The Balaban J connectivity index is 2.55. The van der Waals surface area contributed by atoms with E-state index in [2.05, 4.69) is 4.98 Å². The molecule has 8 heteroatoms. The summed E-state index contributed by atoms with van der Waals surface area (Å²) in [5, 5.41) is 0. The molecule has 0 amide bonds. The van der Waals surface area contributed by atoms with Gasteiger partial charge in [0, 0.05) is 14.1 Å². The summed E-state index contributed by atoms with van der Waals surface area (Å²) in [5.74, 6) is 0. The van der Waals surface area contributed by atoms with E-state index in [-0.39, 0.29) is 17.8 Å². The van der Waals surface area contributed by atoms with Crippen LogP contribution in [0.4, 0.5) is 4.79 Å². The lowest BCUT2D eigenvalue weighted by molar-refractivity contribution is 0.147. The second-order valence-corrected chi connectivity index (χ2v) is 4.46. The van der Waals surface area contributed by atoms with Crippen molar-refractivity contribution in [2.45, 2.75) is 19.8 Å². The third-order valence-corrected chi connectivity index (χ3v) is 3.07. The van der Waals surface area contributed by atoms with Crippen LogP contribution in [0.15, 0.2) is 15.9 Å². The van der Waals surface area contributed by atoms with Crippen LogP contribution < -0.4 is 11.2 Å². The number of hydrogen-bond acceptors (Lipinski definition) is 5. The number of carbonyl (C=O) groups excluding carboxylic acids is 1. The fourth-order valence-electron chi connectivity index (χ4n) is 1.86. The van der Waals surface area contributed by atoms with Gasteiger partial charge in [-0.3, -0.25) is 13.9 Å². The van der Waals surface area contributed by atoms with Crippen molar-refractivity contribution in [2.24, 2.45) is 14.1 Å². The van der Waals surface area contributed by atoms with Gasteiger partial charge in [-0.05, 0) is 6.42 Å². The zero-order valence-electron chi connectivity index (χ0n) is 11.6. The van der Waals surface area contributed by atoms with Gasteiger partial charge < -0.3 is 4.74 Å². The largest absolute Gasteiger partial charge is 0.449 e. The Morgan fingerprint density at radius 1 is 1.30 bits per heavy atom. The molecule has 2 heterocycles. The van der Waals surface area contributed by atoms with Crippen molar-refractivity contribution < 1.29 is 9.53 Å². The van der Waals surface area contributed by atoms with Crippen molar-refractivity contribution in [3.63, 3.8) is 0 Å². The lowest BCUT2D eigenvalue weighted by Crippen LogP contribution is -2.38. The Labute approximate surface area is 114 Å². The molecule has 0 bridgehead atoms. The van der Waals surface area contributed by atoms with Crippen LogP contribution in [-0.4, -0.2) is 31.4 Å². The maximum absolute atomic E-state index is 12.1. The Bertz CT molecular complexity index is 768. The van der Waals surface area contributed by atoms with Crippen molar-refractivity contribution in [2.75, 3.05) is 6.61 Å². The quantitative estimate of drug-likeness (QED) is 0.750. The van der Waals surface area contributed by atoms with E-state index in [9.17, 15) is 14.4 Å². The minimum atomic E-state index is -0.670. The summed E-state index contributed by atoms with van der Waals surface area (Å²) < 4.78 is 8.23. The first-order chi connectivity index (χ1) is 9.49. The fraction of sp³-hybridized carbons (Fsp3) is 0.500. The molecule has 0 unspecified atom stereocenters. The van der Waals surface area contributed by atoms with Gasteiger partial charge in [0.1, 0.15) is 6.33 Å². The Morgan fingerprint density at radius 3 is 2.65 bits per heavy atom. The first-order valence-electron chi connectivity index (χ1n) is 6.29. The van der Waals surface area contributed by atoms with Gasteiger partial charge in [0.05, 0.1) is 6.61 Å². The normalized spacial score (nSPS) is 10.9. The summed E-state index contributed by atoms with van der Waals surface area (Å²) in [6.45, 7) is 2.26. The molecule has 2 rings (SSSR count). The van der Waals surface area contributed by atoms with E-state index in [1.165, 1.54) is 25.0 Å². The van der Waals surface area contributed by atoms with Crippen molar-refractivity contribution in [3.05, 3.63) is 27.2 Å². The Morgan fingerprint density at radius 2 is 2.00 bits per heavy atom. The third-order valence-electron chi connectivity index (χ3n) is 3.07. The molecule has 0 fully saturated rings. The third kappa shape index (κ3) is 2.13. The molecule has 2 aromatic rings. The molecule has 20 heavy (non-hydrogen) atoms. The summed E-state index contributed by atoms with van der Waals surface area (Å²) in [6, 6.07) is 0. The van der Waals surface area contributed by atoms with Gasteiger partial charge in [0.25, 0.3) is 5.56 Å². The summed E-state index contributed by atoms with van der Waals surface area (Å²) >= 11 is 0. The highest BCUT2D eigenvalue weighted by Gasteiger charge is 2.18. The van der Waals surface area contributed by atoms with Gasteiger partial charge >= 0.3 is 11.8 Å². The fourth-order valence-corrected chi connectivity index (χ4v) is 1.86. The number of fused-ring (bicyclic) bond motifs is 1. The van der Waals surface area contributed by atoms with E-state index in [1.807, 2.05) is 6.92 Å². The molecule has 2 aromatic heterocycles. The van der Waals surface area contributed by atoms with Gasteiger partial charge in [-0.25, -0.2) is 19.1 Å². The van der Waals surface area contributed by atoms with Gasteiger partial charge in [-0.15, -0.1) is 0 Å². The van der Waals surface area contributed by atoms with E-state index < -0.39 is 17.3 Å². The average molecular weight is 280 g/mol. The van der Waals surface area contributed by atoms with E-state index in [1.54, 1.807) is 0 Å². The molecule has 108 valence electrons. The molecular formula is C12H16N4O4. The predicted molar refractivity (Wildman–Crippen MR) is 71.9 cm³/mol. The maximum atomic E-state index is 12.1. The molecule has 0 radical (unpaired) electrons. The summed E-state index contributed by atoms with van der Waals surface area (Å²) in [6.07, 6.45) is 2.17. The summed E-state index contributed by atoms with van der Waals surface area (Å²) in [4.78, 5) is 39.7. The topological polar surface area (TPSA) is 88.1 Å². The van der Waals surface area contributed by atoms with E-state index in [0.29, 0.717) is 0 Å². The van der Waals surface area contributed by atoms with E-state index in [4.69, 9.17) is 4.74 Å². The smallest absolute Gasteiger partial charge is 0.420 e. The zero-order chi connectivity index (χ0) is 14.9. The molecule has 0 N–H and O–H groups in total. The van der Waals surface area contributed by atoms with Crippen LogP contribution in [0, 0.1) is 0 Å². The van der Waals surface area contributed by atoms with E-state index in [0.717, 1.165) is 22.0 Å². The number of aromatic nitrogens is 4. The zero-order valence-corrected chi connectivity index (χ0v) is 11.6. The van der Waals surface area contributed by atoms with E-state index >= 15 is 0 Å². The van der Waals surface area contributed by atoms with Crippen molar-refractivity contribution in [1.29, 1.82) is 0 Å². The highest BCUT2D eigenvalue weighted by molar-refractivity contribution is 5.84. The van der Waals surface area contributed by atoms with Crippen LogP contribution >= 0.6 is 0 Å². The second kappa shape index (κ2) is 5.32. The number of unbranched alkanes of at least 4 members (excludes halogenated alkanes) is 1. The lowest BCUT2D eigenvalue weighted by Gasteiger charge is -2.06. The number of rotatable bonds is 3. The molecule has 0 saturated carbocycles. The monoisotopic (exact) mass is 280 g/mol. The maximum Gasteiger partial charge on any atom is 0.420 e. The number of nitrogens with zero attached hydrogens (tertiary/aromatic N) is 4. The van der Waals surface area contributed by atoms with Crippen molar-refractivity contribution in [3.8, 4) is 0 Å². The van der Waals surface area contributed by atoms with Crippen LogP contribution in [0.25, 0.3) is 11.2 Å². The molecule has 0 saturated heterocycles. The number of imidazole rings is 1. The highest BCUT2D eigenvalue weighted by Crippen LogP contribution is 2.06. The Kier molecular flexibility index (Phi) is 3.73. The van der Waals surface area contributed by atoms with Crippen molar-refractivity contribution >= 4 is 17.3 Å². The standard InChI is InChI=1S/C12H16N4O4/c1-4-5-6-20-12(19)16-7-13-9-8(16)10(17)15(3)11(18)14(9)2/h7H,4-6H2,1-3H3. The van der Waals surface area contributed by atoms with Crippen LogP contribution in [0.1, 0.15) is 19.8 Å². The first kappa shape index (κ1) is 14.0. The molecule has 0 aliphatic carbocycles. The van der Waals surface area contributed by atoms with Crippen LogP contribution in [0.5, 0.6) is 0 Å². The lowest BCUT2D eigenvalue weighted by atomic mass is 10.4. The second-order valence-electron chi connectivity index (χ2n) is 4.46. The SMILES string of the molecule is CCCCOC(=O)n1cnc2c1c(=O)n(C)c(=O)n2C. The van der Waals surface area contributed by atoms with Gasteiger partial charge in [0.15, 0.2) is 11.2 Å². The minimum Gasteiger partial charge on any atom is -0.449 e. The van der Waals surface area contributed by atoms with Gasteiger partial charge in [-0.2, -0.15) is 0 Å². The summed E-state index contributed by atoms with van der Waals surface area (Å²) in [7, 11) is 2.84. The molecular weight excluding hydrogens is 264 g/mol. The minimum absolute atomic E-state index is 0.0381. The Hall–Kier alpha value is -2.38. The molecule has 0 aliphatic heterocycles.